The summed E-state index contributed by atoms with van der Waals surface area (Å²) in [5.41, 5.74) is 0.0421. The highest BCUT2D eigenvalue weighted by atomic mass is 16.5. The lowest BCUT2D eigenvalue weighted by Crippen LogP contribution is -2.01. The second kappa shape index (κ2) is 5.01. The Labute approximate surface area is 115 Å². The van der Waals surface area contributed by atoms with Crippen LogP contribution in [0.2, 0.25) is 0 Å². The normalized spacial score (nSPS) is 10.4. The van der Waals surface area contributed by atoms with E-state index < -0.39 is 5.97 Å². The van der Waals surface area contributed by atoms with Gasteiger partial charge in [0.2, 0.25) is 5.88 Å². The monoisotopic (exact) mass is 265 g/mol. The molecular formula is C16H11NO3. The van der Waals surface area contributed by atoms with Crippen molar-refractivity contribution in [3.8, 4) is 11.6 Å². The number of benzene rings is 2. The molecule has 0 saturated heterocycles. The molecule has 0 aliphatic rings. The van der Waals surface area contributed by atoms with Crippen molar-refractivity contribution >= 4 is 16.7 Å². The number of hydrogen-bond acceptors (Lipinski definition) is 3. The van der Waals surface area contributed by atoms with Gasteiger partial charge in [0.05, 0.1) is 0 Å². The summed E-state index contributed by atoms with van der Waals surface area (Å²) in [5, 5.41) is 11.1. The zero-order chi connectivity index (χ0) is 13.9. The Hall–Kier alpha value is -2.88. The third-order valence-electron chi connectivity index (χ3n) is 2.96. The molecule has 2 aromatic carbocycles. The van der Waals surface area contributed by atoms with Crippen LogP contribution in [0.1, 0.15) is 10.4 Å². The topological polar surface area (TPSA) is 59.4 Å². The summed E-state index contributed by atoms with van der Waals surface area (Å²) >= 11 is 0. The highest BCUT2D eigenvalue weighted by Gasteiger charge is 2.13. The molecule has 0 radical (unpaired) electrons. The number of rotatable bonds is 3. The molecule has 0 atom stereocenters. The fourth-order valence-electron chi connectivity index (χ4n) is 2.02. The van der Waals surface area contributed by atoms with Crippen LogP contribution in [-0.4, -0.2) is 16.1 Å². The summed E-state index contributed by atoms with van der Waals surface area (Å²) in [6.07, 6.45) is 1.51. The molecule has 1 N–H and O–H groups in total. The number of aromatic nitrogens is 1. The van der Waals surface area contributed by atoms with Crippen molar-refractivity contribution in [3.05, 3.63) is 66.4 Å². The first-order valence-corrected chi connectivity index (χ1v) is 6.09. The summed E-state index contributed by atoms with van der Waals surface area (Å²) < 4.78 is 5.69. The first-order chi connectivity index (χ1) is 9.75. The number of pyridine rings is 1. The SMILES string of the molecule is O=C(O)c1cccnc1Oc1cccc2ccccc12. The van der Waals surface area contributed by atoms with Gasteiger partial charge in [0.15, 0.2) is 0 Å². The Bertz CT molecular complexity index is 778. The van der Waals surface area contributed by atoms with Crippen molar-refractivity contribution in [3.63, 3.8) is 0 Å². The van der Waals surface area contributed by atoms with Crippen LogP contribution in [0.5, 0.6) is 11.6 Å². The van der Waals surface area contributed by atoms with Crippen molar-refractivity contribution < 1.29 is 14.6 Å². The van der Waals surface area contributed by atoms with Crippen molar-refractivity contribution in [2.75, 3.05) is 0 Å². The lowest BCUT2D eigenvalue weighted by atomic mass is 10.1. The zero-order valence-corrected chi connectivity index (χ0v) is 10.5. The van der Waals surface area contributed by atoms with E-state index in [4.69, 9.17) is 9.84 Å². The second-order valence-corrected chi connectivity index (χ2v) is 4.24. The average molecular weight is 265 g/mol. The number of fused-ring (bicyclic) bond motifs is 1. The van der Waals surface area contributed by atoms with Gasteiger partial charge in [-0.1, -0.05) is 36.4 Å². The maximum absolute atomic E-state index is 11.2. The lowest BCUT2D eigenvalue weighted by molar-refractivity contribution is 0.0693. The first kappa shape index (κ1) is 12.2. The van der Waals surface area contributed by atoms with Gasteiger partial charge in [-0.25, -0.2) is 9.78 Å². The molecule has 0 saturated carbocycles. The Kier molecular flexibility index (Phi) is 3.05. The number of hydrogen-bond donors (Lipinski definition) is 1. The van der Waals surface area contributed by atoms with Crippen LogP contribution in [-0.2, 0) is 0 Å². The molecule has 0 bridgehead atoms. The van der Waals surface area contributed by atoms with Gasteiger partial charge in [0, 0.05) is 11.6 Å². The van der Waals surface area contributed by atoms with Gasteiger partial charge in [-0.2, -0.15) is 0 Å². The van der Waals surface area contributed by atoms with E-state index >= 15 is 0 Å². The molecule has 20 heavy (non-hydrogen) atoms. The van der Waals surface area contributed by atoms with E-state index in [0.717, 1.165) is 10.8 Å². The Morgan fingerprint density at radius 1 is 1.00 bits per heavy atom. The summed E-state index contributed by atoms with van der Waals surface area (Å²) in [7, 11) is 0. The van der Waals surface area contributed by atoms with E-state index in [1.165, 1.54) is 12.3 Å². The number of ether oxygens (including phenoxy) is 1. The third kappa shape index (κ3) is 2.19. The minimum absolute atomic E-state index is 0.0421. The quantitative estimate of drug-likeness (QED) is 0.784. The molecule has 0 fully saturated rings. The molecule has 0 amide bonds. The fourth-order valence-corrected chi connectivity index (χ4v) is 2.02. The van der Waals surface area contributed by atoms with Crippen LogP contribution in [0, 0.1) is 0 Å². The minimum atomic E-state index is -1.06. The van der Waals surface area contributed by atoms with Crippen LogP contribution in [0.15, 0.2) is 60.8 Å². The van der Waals surface area contributed by atoms with Gasteiger partial charge in [-0.3, -0.25) is 0 Å². The van der Waals surface area contributed by atoms with Gasteiger partial charge in [0.25, 0.3) is 0 Å². The molecule has 3 rings (SSSR count). The van der Waals surface area contributed by atoms with Gasteiger partial charge in [-0.05, 0) is 23.6 Å². The largest absolute Gasteiger partial charge is 0.477 e. The molecule has 0 aliphatic heterocycles. The molecule has 98 valence electrons. The summed E-state index contributed by atoms with van der Waals surface area (Å²) in [4.78, 5) is 15.2. The number of carbonyl (C=O) groups is 1. The highest BCUT2D eigenvalue weighted by molar-refractivity contribution is 5.91. The smallest absolute Gasteiger partial charge is 0.341 e. The Morgan fingerprint density at radius 3 is 2.65 bits per heavy atom. The predicted octanol–water partition coefficient (Wildman–Crippen LogP) is 3.73. The molecule has 4 nitrogen and oxygen atoms in total. The van der Waals surface area contributed by atoms with Crippen LogP contribution in [0.4, 0.5) is 0 Å². The van der Waals surface area contributed by atoms with E-state index in [9.17, 15) is 4.79 Å². The van der Waals surface area contributed by atoms with Crippen LogP contribution >= 0.6 is 0 Å². The summed E-state index contributed by atoms with van der Waals surface area (Å²) in [6.45, 7) is 0. The van der Waals surface area contributed by atoms with Crippen molar-refractivity contribution in [2.24, 2.45) is 0 Å². The maximum atomic E-state index is 11.2. The van der Waals surface area contributed by atoms with E-state index in [0.29, 0.717) is 5.75 Å². The zero-order valence-electron chi connectivity index (χ0n) is 10.5. The molecular weight excluding hydrogens is 254 g/mol. The number of carboxylic acids is 1. The van der Waals surface area contributed by atoms with Gasteiger partial charge < -0.3 is 9.84 Å². The molecule has 0 spiro atoms. The standard InChI is InChI=1S/C16H11NO3/c18-16(19)13-8-4-10-17-15(13)20-14-9-3-6-11-5-1-2-7-12(11)14/h1-10H,(H,18,19). The lowest BCUT2D eigenvalue weighted by Gasteiger charge is -2.09. The second-order valence-electron chi connectivity index (χ2n) is 4.24. The maximum Gasteiger partial charge on any atom is 0.341 e. The van der Waals surface area contributed by atoms with E-state index in [-0.39, 0.29) is 11.4 Å². The Balaban J connectivity index is 2.08. The molecule has 3 aromatic rings. The van der Waals surface area contributed by atoms with E-state index in [1.807, 2.05) is 36.4 Å². The van der Waals surface area contributed by atoms with Gasteiger partial charge in [-0.15, -0.1) is 0 Å². The van der Waals surface area contributed by atoms with Crippen LogP contribution < -0.4 is 4.74 Å². The predicted molar refractivity (Wildman–Crippen MR) is 75.2 cm³/mol. The third-order valence-corrected chi connectivity index (χ3v) is 2.96. The number of nitrogens with zero attached hydrogens (tertiary/aromatic N) is 1. The molecule has 1 heterocycles. The van der Waals surface area contributed by atoms with Crippen LogP contribution in [0.25, 0.3) is 10.8 Å². The van der Waals surface area contributed by atoms with Gasteiger partial charge >= 0.3 is 5.97 Å². The van der Waals surface area contributed by atoms with E-state index in [2.05, 4.69) is 4.98 Å². The van der Waals surface area contributed by atoms with Crippen LogP contribution in [0.3, 0.4) is 0 Å². The average Bonchev–Trinajstić information content (AvgIpc) is 2.48. The summed E-state index contributed by atoms with van der Waals surface area (Å²) in [6, 6.07) is 16.4. The van der Waals surface area contributed by atoms with Gasteiger partial charge in [0.1, 0.15) is 11.3 Å². The molecule has 1 aromatic heterocycles. The first-order valence-electron chi connectivity index (χ1n) is 6.09. The molecule has 0 aliphatic carbocycles. The van der Waals surface area contributed by atoms with Crippen molar-refractivity contribution in [1.29, 1.82) is 0 Å². The number of carboxylic acid groups (broad SMARTS) is 1. The molecule has 4 heteroatoms. The van der Waals surface area contributed by atoms with E-state index in [1.54, 1.807) is 12.1 Å². The molecule has 0 unspecified atom stereocenters. The fraction of sp³-hybridized carbons (Fsp3) is 0. The number of aromatic carboxylic acids is 1. The highest BCUT2D eigenvalue weighted by Crippen LogP contribution is 2.30. The Morgan fingerprint density at radius 2 is 1.80 bits per heavy atom. The van der Waals surface area contributed by atoms with Crippen molar-refractivity contribution in [2.45, 2.75) is 0 Å². The van der Waals surface area contributed by atoms with Crippen molar-refractivity contribution in [1.82, 2.24) is 4.98 Å². The summed E-state index contributed by atoms with van der Waals surface area (Å²) in [5.74, 6) is -0.381. The minimum Gasteiger partial charge on any atom is -0.477 e.